The highest BCUT2D eigenvalue weighted by atomic mass is 29.3. The molecule has 133 valence electrons. The zero-order valence-corrected chi connectivity index (χ0v) is 16.9. The van der Waals surface area contributed by atoms with Gasteiger partial charge in [0.15, 0.2) is 9.04 Å². The van der Waals surface area contributed by atoms with Crippen molar-refractivity contribution in [3.63, 3.8) is 0 Å². The van der Waals surface area contributed by atoms with Crippen molar-refractivity contribution in [1.82, 2.24) is 0 Å². The van der Waals surface area contributed by atoms with Crippen LogP contribution in [-0.2, 0) is 13.3 Å². The summed E-state index contributed by atoms with van der Waals surface area (Å²) in [5, 5.41) is 0. The number of halogens is 4. The van der Waals surface area contributed by atoms with Crippen molar-refractivity contribution in [3.8, 4) is 0 Å². The number of hydrogen-bond acceptors (Lipinski definition) is 3. The normalized spacial score (nSPS) is 15.5. The number of rotatable bonds is 12. The molecule has 0 aliphatic heterocycles. The maximum absolute atomic E-state index is 12.8. The Morgan fingerprint density at radius 1 is 1.18 bits per heavy atom. The molecule has 0 bridgehead atoms. The molecule has 0 saturated carbocycles. The van der Waals surface area contributed by atoms with Crippen LogP contribution in [0.2, 0.25) is 31.7 Å². The quantitative estimate of drug-likeness (QED) is 0.295. The Morgan fingerprint density at radius 2 is 1.82 bits per heavy atom. The Labute approximate surface area is 134 Å². The van der Waals surface area contributed by atoms with Gasteiger partial charge < -0.3 is 13.3 Å². The zero-order valence-electron chi connectivity index (χ0n) is 13.8. The molecule has 22 heavy (non-hydrogen) atoms. The Kier molecular flexibility index (Phi) is 11.0. The summed E-state index contributed by atoms with van der Waals surface area (Å²) >= 11 is 0. The third kappa shape index (κ3) is 10.1. The summed E-state index contributed by atoms with van der Waals surface area (Å²) in [5.74, 6) is 0. The molecule has 3 nitrogen and oxygen atoms in total. The van der Waals surface area contributed by atoms with Crippen molar-refractivity contribution in [2.24, 2.45) is 0 Å². The highest BCUT2D eigenvalue weighted by Gasteiger charge is 2.41. The fourth-order valence-corrected chi connectivity index (χ4v) is 16.2. The van der Waals surface area contributed by atoms with E-state index in [1.54, 1.807) is 7.11 Å². The molecule has 0 aliphatic carbocycles. The van der Waals surface area contributed by atoms with Crippen LogP contribution in [-0.4, -0.2) is 58.6 Å². The minimum absolute atomic E-state index is 0.270. The lowest BCUT2D eigenvalue weighted by Gasteiger charge is -2.33. The van der Waals surface area contributed by atoms with Gasteiger partial charge in [-0.3, -0.25) is 4.39 Å². The van der Waals surface area contributed by atoms with E-state index in [1.807, 2.05) is 19.6 Å². The largest absolute Gasteiger partial charge is 0.459 e. The highest BCUT2D eigenvalue weighted by molar-refractivity contribution is 7.28. The van der Waals surface area contributed by atoms with Crippen LogP contribution < -0.4 is 0 Å². The molecular formula is C12H27F4O3Si3. The predicted octanol–water partition coefficient (Wildman–Crippen LogP) is 3.61. The van der Waals surface area contributed by atoms with Gasteiger partial charge in [0.25, 0.3) is 0 Å². The van der Waals surface area contributed by atoms with Crippen LogP contribution in [0.15, 0.2) is 0 Å². The van der Waals surface area contributed by atoms with Crippen LogP contribution in [0.3, 0.4) is 0 Å². The molecule has 0 N–H and O–H groups in total. The molecule has 0 rings (SSSR count). The van der Waals surface area contributed by atoms with Crippen LogP contribution in [0.1, 0.15) is 12.8 Å². The fraction of sp³-hybridized carbons (Fsp3) is 1.00. The van der Waals surface area contributed by atoms with Gasteiger partial charge in [-0.25, -0.2) is 0 Å². The average molecular weight is 380 g/mol. The lowest BCUT2D eigenvalue weighted by Crippen LogP contribution is -2.54. The summed E-state index contributed by atoms with van der Waals surface area (Å²) in [6.45, 7) is 5.67. The summed E-state index contributed by atoms with van der Waals surface area (Å²) in [6.07, 6.45) is -4.48. The zero-order chi connectivity index (χ0) is 17.2. The standard InChI is InChI=1S/C12H27F4O3Si3/c1-17-22(4,21(10-7-13)19-20(2)3)11-5-8-18-9-6-12(14,15)16/h20H,5-11H2,1-4H3. The second-order valence-corrected chi connectivity index (χ2v) is 18.1. The third-order valence-corrected chi connectivity index (χ3v) is 17.0. The molecule has 1 unspecified atom stereocenters. The molecule has 0 aromatic rings. The summed E-state index contributed by atoms with van der Waals surface area (Å²) in [7, 11) is -3.13. The summed E-state index contributed by atoms with van der Waals surface area (Å²) in [4.78, 5) is 0. The van der Waals surface area contributed by atoms with E-state index in [4.69, 9.17) is 13.3 Å². The van der Waals surface area contributed by atoms with E-state index in [0.717, 1.165) is 6.04 Å². The highest BCUT2D eigenvalue weighted by Crippen LogP contribution is 2.22. The van der Waals surface area contributed by atoms with Crippen molar-refractivity contribution in [2.45, 2.75) is 50.7 Å². The maximum Gasteiger partial charge on any atom is 0.391 e. The van der Waals surface area contributed by atoms with E-state index < -0.39 is 44.7 Å². The first kappa shape index (κ1) is 22.3. The van der Waals surface area contributed by atoms with E-state index in [9.17, 15) is 17.6 Å². The Hall–Kier alpha value is 0.251. The maximum atomic E-state index is 12.8. The minimum atomic E-state index is -4.18. The molecule has 0 amide bonds. The Morgan fingerprint density at radius 3 is 2.27 bits per heavy atom. The number of hydrogen-bond donors (Lipinski definition) is 0. The van der Waals surface area contributed by atoms with Crippen LogP contribution >= 0.6 is 0 Å². The molecule has 0 aromatic carbocycles. The van der Waals surface area contributed by atoms with Gasteiger partial charge in [0, 0.05) is 13.7 Å². The van der Waals surface area contributed by atoms with Crippen molar-refractivity contribution in [3.05, 3.63) is 0 Å². The van der Waals surface area contributed by atoms with Crippen LogP contribution in [0.5, 0.6) is 0 Å². The van der Waals surface area contributed by atoms with Gasteiger partial charge in [-0.15, -0.1) is 0 Å². The van der Waals surface area contributed by atoms with E-state index >= 15 is 0 Å². The first-order valence-corrected chi connectivity index (χ1v) is 15.4. The second kappa shape index (κ2) is 10.9. The average Bonchev–Trinajstić information content (AvgIpc) is 2.40. The summed E-state index contributed by atoms with van der Waals surface area (Å²) in [6, 6.07) is 1.15. The SMILES string of the molecule is CO[Si](C)(CCCOCCC(F)(F)F)[Si](CCF)O[SiH](C)C. The Bertz CT molecular complexity index is 295. The van der Waals surface area contributed by atoms with Crippen LogP contribution in [0, 0.1) is 0 Å². The third-order valence-electron chi connectivity index (χ3n) is 3.21. The molecule has 0 spiro atoms. The van der Waals surface area contributed by atoms with E-state index in [0.29, 0.717) is 12.5 Å². The van der Waals surface area contributed by atoms with E-state index in [-0.39, 0.29) is 13.2 Å². The van der Waals surface area contributed by atoms with Gasteiger partial charge in [0.2, 0.25) is 16.4 Å². The topological polar surface area (TPSA) is 27.7 Å². The molecule has 10 heteroatoms. The van der Waals surface area contributed by atoms with Crippen molar-refractivity contribution >= 4 is 25.4 Å². The molecular weight excluding hydrogens is 352 g/mol. The molecule has 0 fully saturated rings. The van der Waals surface area contributed by atoms with Gasteiger partial charge in [0.1, 0.15) is 0 Å². The first-order valence-electron chi connectivity index (χ1n) is 7.43. The summed E-state index contributed by atoms with van der Waals surface area (Å²) < 4.78 is 65.4. The summed E-state index contributed by atoms with van der Waals surface area (Å²) in [5.41, 5.74) is 0. The molecule has 0 heterocycles. The van der Waals surface area contributed by atoms with Gasteiger partial charge in [-0.05, 0) is 38.2 Å². The Balaban J connectivity index is 4.24. The molecule has 0 aliphatic rings. The van der Waals surface area contributed by atoms with Crippen molar-refractivity contribution in [2.75, 3.05) is 27.0 Å². The van der Waals surface area contributed by atoms with Crippen molar-refractivity contribution in [1.29, 1.82) is 0 Å². The first-order chi connectivity index (χ1) is 10.1. The van der Waals surface area contributed by atoms with E-state index in [2.05, 4.69) is 0 Å². The minimum Gasteiger partial charge on any atom is -0.459 e. The number of alkyl halides is 4. The van der Waals surface area contributed by atoms with Crippen LogP contribution in [0.4, 0.5) is 17.6 Å². The van der Waals surface area contributed by atoms with Gasteiger partial charge >= 0.3 is 6.18 Å². The van der Waals surface area contributed by atoms with Crippen molar-refractivity contribution < 1.29 is 30.8 Å². The molecule has 1 atom stereocenters. The number of ether oxygens (including phenoxy) is 1. The fourth-order valence-electron chi connectivity index (χ4n) is 1.98. The second-order valence-electron chi connectivity index (χ2n) is 5.54. The lowest BCUT2D eigenvalue weighted by molar-refractivity contribution is -0.145. The molecule has 0 saturated heterocycles. The smallest absolute Gasteiger partial charge is 0.391 e. The van der Waals surface area contributed by atoms with Gasteiger partial charge in [-0.2, -0.15) is 13.2 Å². The van der Waals surface area contributed by atoms with Crippen LogP contribution in [0.25, 0.3) is 0 Å². The van der Waals surface area contributed by atoms with Gasteiger partial charge in [-0.1, -0.05) is 0 Å². The van der Waals surface area contributed by atoms with Gasteiger partial charge in [0.05, 0.1) is 19.7 Å². The molecule has 0 aromatic heterocycles. The van der Waals surface area contributed by atoms with E-state index in [1.165, 1.54) is 0 Å². The lowest BCUT2D eigenvalue weighted by atomic mass is 10.4. The predicted molar refractivity (Wildman–Crippen MR) is 86.0 cm³/mol. The monoisotopic (exact) mass is 379 g/mol. The molecule has 1 radical (unpaired) electrons.